The quantitative estimate of drug-likeness (QED) is 0.744. The monoisotopic (exact) mass is 240 g/mol. The van der Waals surface area contributed by atoms with E-state index in [1.54, 1.807) is 14.2 Å². The molecule has 0 aromatic rings. The molecular formula is C12H20N2O3. The average Bonchev–Trinajstić information content (AvgIpc) is 3.09. The number of carbonyl (C=O) groups is 2. The van der Waals surface area contributed by atoms with E-state index in [1.165, 1.54) is 0 Å². The van der Waals surface area contributed by atoms with Crippen LogP contribution in [0.4, 0.5) is 0 Å². The van der Waals surface area contributed by atoms with Gasteiger partial charge >= 0.3 is 0 Å². The zero-order chi connectivity index (χ0) is 12.4. The molecule has 2 atom stereocenters. The van der Waals surface area contributed by atoms with Gasteiger partial charge in [0.2, 0.25) is 11.8 Å². The number of hydrogen-bond acceptors (Lipinski definition) is 3. The van der Waals surface area contributed by atoms with E-state index in [1.807, 2.05) is 4.90 Å². The van der Waals surface area contributed by atoms with Crippen LogP contribution < -0.4 is 5.32 Å². The Hall–Kier alpha value is -1.10. The molecule has 2 rings (SSSR count). The van der Waals surface area contributed by atoms with Crippen molar-refractivity contribution in [3.8, 4) is 0 Å². The SMILES string of the molecule is CNC(=O)[C@@H]1CN(C(=O)C2CC2)C[C@H]1COC. The molecule has 2 aliphatic rings. The zero-order valence-corrected chi connectivity index (χ0v) is 10.4. The molecule has 0 unspecified atom stereocenters. The number of likely N-dealkylation sites (tertiary alicyclic amines) is 1. The summed E-state index contributed by atoms with van der Waals surface area (Å²) in [6.45, 7) is 1.73. The van der Waals surface area contributed by atoms with E-state index < -0.39 is 0 Å². The minimum atomic E-state index is -0.123. The summed E-state index contributed by atoms with van der Waals surface area (Å²) < 4.78 is 5.14. The highest BCUT2D eigenvalue weighted by atomic mass is 16.5. The number of hydrogen-bond donors (Lipinski definition) is 1. The zero-order valence-electron chi connectivity index (χ0n) is 10.4. The van der Waals surface area contributed by atoms with Crippen molar-refractivity contribution < 1.29 is 14.3 Å². The molecule has 1 N–H and O–H groups in total. The van der Waals surface area contributed by atoms with Crippen molar-refractivity contribution in [3.63, 3.8) is 0 Å². The van der Waals surface area contributed by atoms with E-state index in [0.29, 0.717) is 19.7 Å². The van der Waals surface area contributed by atoms with Gasteiger partial charge in [-0.05, 0) is 12.8 Å². The fourth-order valence-electron chi connectivity index (χ4n) is 2.51. The molecule has 0 bridgehead atoms. The third-order valence-corrected chi connectivity index (χ3v) is 3.64. The summed E-state index contributed by atoms with van der Waals surface area (Å²) in [6.07, 6.45) is 2.02. The number of amides is 2. The van der Waals surface area contributed by atoms with Crippen LogP contribution in [0, 0.1) is 17.8 Å². The molecule has 1 aliphatic heterocycles. The van der Waals surface area contributed by atoms with Crippen LogP contribution >= 0.6 is 0 Å². The van der Waals surface area contributed by atoms with E-state index in [-0.39, 0.29) is 29.6 Å². The largest absolute Gasteiger partial charge is 0.384 e. The molecule has 2 fully saturated rings. The fourth-order valence-corrected chi connectivity index (χ4v) is 2.51. The number of nitrogens with zero attached hydrogens (tertiary/aromatic N) is 1. The highest BCUT2D eigenvalue weighted by Gasteiger charge is 2.42. The van der Waals surface area contributed by atoms with Gasteiger partial charge in [0.15, 0.2) is 0 Å². The van der Waals surface area contributed by atoms with Crippen molar-refractivity contribution in [3.05, 3.63) is 0 Å². The van der Waals surface area contributed by atoms with Crippen LogP contribution in [0.25, 0.3) is 0 Å². The van der Waals surface area contributed by atoms with Crippen LogP contribution in [-0.2, 0) is 14.3 Å². The molecule has 2 amide bonds. The third-order valence-electron chi connectivity index (χ3n) is 3.64. The molecule has 96 valence electrons. The Morgan fingerprint density at radius 1 is 1.35 bits per heavy atom. The molecule has 5 heteroatoms. The van der Waals surface area contributed by atoms with Gasteiger partial charge in [-0.2, -0.15) is 0 Å². The van der Waals surface area contributed by atoms with Crippen LogP contribution in [-0.4, -0.2) is 50.6 Å². The summed E-state index contributed by atoms with van der Waals surface area (Å²) in [7, 11) is 3.27. The van der Waals surface area contributed by atoms with E-state index in [0.717, 1.165) is 12.8 Å². The van der Waals surface area contributed by atoms with Crippen molar-refractivity contribution in [1.82, 2.24) is 10.2 Å². The number of methoxy groups -OCH3 is 1. The lowest BCUT2D eigenvalue weighted by atomic mass is 9.96. The van der Waals surface area contributed by atoms with Gasteiger partial charge in [-0.25, -0.2) is 0 Å². The van der Waals surface area contributed by atoms with Crippen LogP contribution in [0.5, 0.6) is 0 Å². The summed E-state index contributed by atoms with van der Waals surface area (Å²) in [5.74, 6) is 0.461. The number of rotatable bonds is 4. The Kier molecular flexibility index (Phi) is 3.66. The minimum absolute atomic E-state index is 0.0122. The maximum Gasteiger partial charge on any atom is 0.225 e. The first-order valence-electron chi connectivity index (χ1n) is 6.16. The smallest absolute Gasteiger partial charge is 0.225 e. The second-order valence-electron chi connectivity index (χ2n) is 4.95. The summed E-state index contributed by atoms with van der Waals surface area (Å²) in [5, 5.41) is 2.67. The molecular weight excluding hydrogens is 220 g/mol. The van der Waals surface area contributed by atoms with Gasteiger partial charge in [0.25, 0.3) is 0 Å². The first-order chi connectivity index (χ1) is 8.17. The third kappa shape index (κ3) is 2.60. The van der Waals surface area contributed by atoms with Gasteiger partial charge in [0.1, 0.15) is 0 Å². The molecule has 1 heterocycles. The predicted octanol–water partition coefficient (Wildman–Crippen LogP) is -0.137. The van der Waals surface area contributed by atoms with Crippen molar-refractivity contribution >= 4 is 11.8 Å². The van der Waals surface area contributed by atoms with Gasteiger partial charge in [0, 0.05) is 39.1 Å². The van der Waals surface area contributed by atoms with Gasteiger partial charge in [-0.1, -0.05) is 0 Å². The lowest BCUT2D eigenvalue weighted by molar-refractivity contribution is -0.132. The van der Waals surface area contributed by atoms with E-state index in [2.05, 4.69) is 5.32 Å². The summed E-state index contributed by atoms with van der Waals surface area (Å²) in [4.78, 5) is 25.6. The Balaban J connectivity index is 1.99. The number of carbonyl (C=O) groups excluding carboxylic acids is 2. The fraction of sp³-hybridized carbons (Fsp3) is 0.833. The minimum Gasteiger partial charge on any atom is -0.384 e. The molecule has 5 nitrogen and oxygen atoms in total. The summed E-state index contributed by atoms with van der Waals surface area (Å²) >= 11 is 0. The highest BCUT2D eigenvalue weighted by molar-refractivity contribution is 5.84. The van der Waals surface area contributed by atoms with E-state index >= 15 is 0 Å². The van der Waals surface area contributed by atoms with E-state index in [9.17, 15) is 9.59 Å². The Morgan fingerprint density at radius 2 is 2.06 bits per heavy atom. The van der Waals surface area contributed by atoms with Crippen LogP contribution in [0.1, 0.15) is 12.8 Å². The average molecular weight is 240 g/mol. The summed E-state index contributed by atoms with van der Waals surface area (Å²) in [6, 6.07) is 0. The molecule has 17 heavy (non-hydrogen) atoms. The maximum atomic E-state index is 12.0. The predicted molar refractivity (Wildman–Crippen MR) is 62.2 cm³/mol. The second-order valence-corrected chi connectivity index (χ2v) is 4.95. The second kappa shape index (κ2) is 5.04. The molecule has 0 spiro atoms. The summed E-state index contributed by atoms with van der Waals surface area (Å²) in [5.41, 5.74) is 0. The van der Waals surface area contributed by atoms with Crippen molar-refractivity contribution in [2.24, 2.45) is 17.8 Å². The van der Waals surface area contributed by atoms with Gasteiger partial charge in [-0.3, -0.25) is 9.59 Å². The molecule has 1 saturated carbocycles. The van der Waals surface area contributed by atoms with Crippen LogP contribution in [0.15, 0.2) is 0 Å². The lowest BCUT2D eigenvalue weighted by Gasteiger charge is -2.15. The first-order valence-corrected chi connectivity index (χ1v) is 6.16. The normalized spacial score (nSPS) is 28.2. The number of nitrogens with one attached hydrogen (secondary N) is 1. The molecule has 1 aliphatic carbocycles. The van der Waals surface area contributed by atoms with Crippen LogP contribution in [0.2, 0.25) is 0 Å². The Bertz CT molecular complexity index is 315. The van der Waals surface area contributed by atoms with Crippen molar-refractivity contribution in [2.45, 2.75) is 12.8 Å². The molecule has 1 saturated heterocycles. The number of ether oxygens (including phenoxy) is 1. The highest BCUT2D eigenvalue weighted by Crippen LogP contribution is 2.34. The van der Waals surface area contributed by atoms with Crippen molar-refractivity contribution in [1.29, 1.82) is 0 Å². The molecule has 0 aromatic carbocycles. The molecule has 0 aromatic heterocycles. The van der Waals surface area contributed by atoms with Crippen LogP contribution in [0.3, 0.4) is 0 Å². The standard InChI is InChI=1S/C12H20N2O3/c1-13-11(15)10-6-14(5-9(10)7-17-2)12(16)8-3-4-8/h8-10H,3-7H2,1-2H3,(H,13,15)/t9-,10+/m0/s1. The topological polar surface area (TPSA) is 58.6 Å². The maximum absolute atomic E-state index is 12.0. The Morgan fingerprint density at radius 3 is 2.59 bits per heavy atom. The lowest BCUT2D eigenvalue weighted by Crippen LogP contribution is -2.34. The van der Waals surface area contributed by atoms with Crippen molar-refractivity contribution in [2.75, 3.05) is 33.9 Å². The van der Waals surface area contributed by atoms with E-state index in [4.69, 9.17) is 4.74 Å². The van der Waals surface area contributed by atoms with Gasteiger partial charge in [-0.15, -0.1) is 0 Å². The molecule has 0 radical (unpaired) electrons. The van der Waals surface area contributed by atoms with Gasteiger partial charge in [0.05, 0.1) is 12.5 Å². The van der Waals surface area contributed by atoms with Gasteiger partial charge < -0.3 is 15.0 Å². The Labute approximate surface area is 101 Å². The first kappa shape index (κ1) is 12.4.